The quantitative estimate of drug-likeness (QED) is 0.795. The maximum Gasteiger partial charge on any atom is 0.330 e. The average Bonchev–Trinajstić information content (AvgIpc) is 2.44. The molecule has 7 heteroatoms. The number of hydrogen-bond donors (Lipinski definition) is 3. The Labute approximate surface area is 120 Å². The average molecular weight is 292 g/mol. The molecule has 1 unspecified atom stereocenters. The molecule has 0 aliphatic rings. The fraction of sp³-hybridized carbons (Fsp3) is 0.286. The molecule has 1 atom stereocenters. The molecular weight excluding hydrogens is 275 g/mol. The normalized spacial score (nSPS) is 12.1. The van der Waals surface area contributed by atoms with E-state index in [-0.39, 0.29) is 17.3 Å². The van der Waals surface area contributed by atoms with Crippen molar-refractivity contribution in [3.05, 3.63) is 56.5 Å². The molecule has 4 N–H and O–H groups in total. The van der Waals surface area contributed by atoms with Gasteiger partial charge in [-0.15, -0.1) is 0 Å². The second-order valence-corrected chi connectivity index (χ2v) is 4.65. The molecule has 0 saturated carbocycles. The summed E-state index contributed by atoms with van der Waals surface area (Å²) in [7, 11) is 0. The first-order valence-electron chi connectivity index (χ1n) is 6.59. The van der Waals surface area contributed by atoms with E-state index in [0.717, 1.165) is 0 Å². The standard InChI is InChI=1S/C14H17FN4O2/c1-3-19-12(16)11(13(20)18-14(19)21)17-8(2)9-6-4-5-7-10(9)15/h4-8,17H,3,16H2,1-2H3,(H,18,20,21). The topological polar surface area (TPSA) is 92.9 Å². The number of nitrogens with zero attached hydrogens (tertiary/aromatic N) is 1. The summed E-state index contributed by atoms with van der Waals surface area (Å²) in [5.41, 5.74) is 5.13. The van der Waals surface area contributed by atoms with Crippen LogP contribution in [0.2, 0.25) is 0 Å². The van der Waals surface area contributed by atoms with Gasteiger partial charge in [0.15, 0.2) is 0 Å². The Morgan fingerprint density at radius 2 is 2.05 bits per heavy atom. The molecule has 0 spiro atoms. The molecule has 0 aliphatic heterocycles. The van der Waals surface area contributed by atoms with Crippen molar-refractivity contribution >= 4 is 11.5 Å². The molecule has 0 radical (unpaired) electrons. The van der Waals surface area contributed by atoms with Crippen molar-refractivity contribution < 1.29 is 4.39 Å². The first-order chi connectivity index (χ1) is 9.95. The molecule has 0 saturated heterocycles. The van der Waals surface area contributed by atoms with Gasteiger partial charge in [-0.1, -0.05) is 18.2 Å². The second kappa shape index (κ2) is 5.82. The summed E-state index contributed by atoms with van der Waals surface area (Å²) >= 11 is 0. The maximum atomic E-state index is 13.7. The molecule has 112 valence electrons. The van der Waals surface area contributed by atoms with E-state index in [1.165, 1.54) is 10.6 Å². The van der Waals surface area contributed by atoms with Crippen LogP contribution in [0.15, 0.2) is 33.9 Å². The molecule has 1 aromatic carbocycles. The predicted octanol–water partition coefficient (Wildman–Crippen LogP) is 1.45. The molecular formula is C14H17FN4O2. The minimum atomic E-state index is -0.620. The summed E-state index contributed by atoms with van der Waals surface area (Å²) in [4.78, 5) is 25.7. The van der Waals surface area contributed by atoms with Crippen LogP contribution in [0.3, 0.4) is 0 Å². The molecule has 2 rings (SSSR count). The highest BCUT2D eigenvalue weighted by molar-refractivity contribution is 5.61. The molecule has 1 aromatic heterocycles. The second-order valence-electron chi connectivity index (χ2n) is 4.65. The zero-order valence-electron chi connectivity index (χ0n) is 11.8. The first-order valence-corrected chi connectivity index (χ1v) is 6.59. The van der Waals surface area contributed by atoms with Gasteiger partial charge in [-0.05, 0) is 19.9 Å². The number of halogens is 1. The monoisotopic (exact) mass is 292 g/mol. The first kappa shape index (κ1) is 14.8. The number of aromatic nitrogens is 2. The van der Waals surface area contributed by atoms with E-state index in [4.69, 9.17) is 5.73 Å². The lowest BCUT2D eigenvalue weighted by atomic mass is 10.1. The van der Waals surface area contributed by atoms with Gasteiger partial charge < -0.3 is 11.1 Å². The van der Waals surface area contributed by atoms with Crippen molar-refractivity contribution in [1.29, 1.82) is 0 Å². The summed E-state index contributed by atoms with van der Waals surface area (Å²) < 4.78 is 15.0. The highest BCUT2D eigenvalue weighted by Gasteiger charge is 2.16. The van der Waals surface area contributed by atoms with E-state index in [0.29, 0.717) is 12.1 Å². The van der Waals surface area contributed by atoms with Gasteiger partial charge in [0.2, 0.25) is 0 Å². The van der Waals surface area contributed by atoms with Crippen LogP contribution in [-0.2, 0) is 6.54 Å². The summed E-state index contributed by atoms with van der Waals surface area (Å²) in [5, 5.41) is 2.87. The number of anilines is 2. The predicted molar refractivity (Wildman–Crippen MR) is 79.8 cm³/mol. The van der Waals surface area contributed by atoms with E-state index >= 15 is 0 Å². The Kier molecular flexibility index (Phi) is 4.11. The van der Waals surface area contributed by atoms with Gasteiger partial charge in [0.05, 0.1) is 6.04 Å². The van der Waals surface area contributed by atoms with Crippen LogP contribution in [0.5, 0.6) is 0 Å². The van der Waals surface area contributed by atoms with Crippen molar-refractivity contribution in [1.82, 2.24) is 9.55 Å². The van der Waals surface area contributed by atoms with E-state index in [9.17, 15) is 14.0 Å². The van der Waals surface area contributed by atoms with Gasteiger partial charge in [0.25, 0.3) is 5.56 Å². The summed E-state index contributed by atoms with van der Waals surface area (Å²) in [6, 6.07) is 5.78. The van der Waals surface area contributed by atoms with Crippen LogP contribution in [0.4, 0.5) is 15.9 Å². The number of hydrogen-bond acceptors (Lipinski definition) is 4. The van der Waals surface area contributed by atoms with Crippen LogP contribution < -0.4 is 22.3 Å². The number of nitrogens with two attached hydrogens (primary N) is 1. The molecule has 2 aromatic rings. The molecule has 21 heavy (non-hydrogen) atoms. The Morgan fingerprint density at radius 1 is 1.38 bits per heavy atom. The third-order valence-electron chi connectivity index (χ3n) is 3.29. The van der Waals surface area contributed by atoms with Crippen LogP contribution >= 0.6 is 0 Å². The van der Waals surface area contributed by atoms with E-state index < -0.39 is 17.3 Å². The van der Waals surface area contributed by atoms with E-state index in [2.05, 4.69) is 10.3 Å². The van der Waals surface area contributed by atoms with Gasteiger partial charge in [-0.25, -0.2) is 9.18 Å². The number of H-pyrrole nitrogens is 1. The Balaban J connectivity index is 2.43. The maximum absolute atomic E-state index is 13.7. The van der Waals surface area contributed by atoms with Gasteiger partial charge in [0.1, 0.15) is 17.3 Å². The fourth-order valence-corrected chi connectivity index (χ4v) is 2.16. The van der Waals surface area contributed by atoms with Gasteiger partial charge >= 0.3 is 5.69 Å². The van der Waals surface area contributed by atoms with Gasteiger partial charge in [-0.3, -0.25) is 14.3 Å². The third kappa shape index (κ3) is 2.81. The molecule has 0 fully saturated rings. The van der Waals surface area contributed by atoms with E-state index in [1.54, 1.807) is 32.0 Å². The van der Waals surface area contributed by atoms with Crippen molar-refractivity contribution in [2.45, 2.75) is 26.4 Å². The van der Waals surface area contributed by atoms with Crippen molar-refractivity contribution in [2.24, 2.45) is 0 Å². The lowest BCUT2D eigenvalue weighted by Gasteiger charge is -2.18. The highest BCUT2D eigenvalue weighted by Crippen LogP contribution is 2.22. The Hall–Kier alpha value is -2.57. The zero-order valence-corrected chi connectivity index (χ0v) is 11.8. The zero-order chi connectivity index (χ0) is 15.6. The number of benzene rings is 1. The largest absolute Gasteiger partial charge is 0.383 e. The number of nitrogen functional groups attached to an aromatic ring is 1. The smallest absolute Gasteiger partial charge is 0.330 e. The molecule has 0 bridgehead atoms. The Bertz CT molecular complexity index is 766. The third-order valence-corrected chi connectivity index (χ3v) is 3.29. The van der Waals surface area contributed by atoms with Crippen LogP contribution in [0.1, 0.15) is 25.5 Å². The Morgan fingerprint density at radius 3 is 2.67 bits per heavy atom. The van der Waals surface area contributed by atoms with E-state index in [1.807, 2.05) is 0 Å². The highest BCUT2D eigenvalue weighted by atomic mass is 19.1. The van der Waals surface area contributed by atoms with Crippen LogP contribution in [-0.4, -0.2) is 9.55 Å². The van der Waals surface area contributed by atoms with Crippen LogP contribution in [0.25, 0.3) is 0 Å². The fourth-order valence-electron chi connectivity index (χ4n) is 2.16. The number of rotatable bonds is 4. The minimum Gasteiger partial charge on any atom is -0.383 e. The van der Waals surface area contributed by atoms with Crippen LogP contribution in [0, 0.1) is 5.82 Å². The molecule has 0 aliphatic carbocycles. The van der Waals surface area contributed by atoms with Gasteiger partial charge in [-0.2, -0.15) is 0 Å². The van der Waals surface area contributed by atoms with Gasteiger partial charge in [0, 0.05) is 12.1 Å². The minimum absolute atomic E-state index is 0.0365. The van der Waals surface area contributed by atoms with Crippen molar-refractivity contribution in [3.63, 3.8) is 0 Å². The van der Waals surface area contributed by atoms with Crippen molar-refractivity contribution in [3.8, 4) is 0 Å². The number of aromatic amines is 1. The lowest BCUT2D eigenvalue weighted by Crippen LogP contribution is -2.34. The SMILES string of the molecule is CCn1c(N)c(NC(C)c2ccccc2F)c(=O)[nH]c1=O. The lowest BCUT2D eigenvalue weighted by molar-refractivity contribution is 0.600. The molecule has 0 amide bonds. The molecule has 6 nitrogen and oxygen atoms in total. The molecule has 1 heterocycles. The summed E-state index contributed by atoms with van der Waals surface area (Å²) in [6.07, 6.45) is 0. The van der Waals surface area contributed by atoms with Crippen molar-refractivity contribution in [2.75, 3.05) is 11.1 Å². The summed E-state index contributed by atoms with van der Waals surface area (Å²) in [6.45, 7) is 3.77. The summed E-state index contributed by atoms with van der Waals surface area (Å²) in [5.74, 6) is -0.342. The number of nitrogens with one attached hydrogen (secondary N) is 2.